The van der Waals surface area contributed by atoms with Crippen LogP contribution < -0.4 is 0 Å². The number of aromatic nitrogens is 5. The average molecular weight is 333 g/mol. The highest BCUT2D eigenvalue weighted by Crippen LogP contribution is 2.33. The highest BCUT2D eigenvalue weighted by Gasteiger charge is 2.13. The first-order valence-electron chi connectivity index (χ1n) is 7.61. The van der Waals surface area contributed by atoms with Crippen LogP contribution in [0, 0.1) is 6.92 Å². The summed E-state index contributed by atoms with van der Waals surface area (Å²) in [6, 6.07) is 11.9. The normalized spacial score (nSPS) is 10.9. The molecule has 0 aliphatic heterocycles. The minimum Gasteiger partial charge on any atom is -0.266 e. The zero-order chi connectivity index (χ0) is 16.4. The van der Waals surface area contributed by atoms with Crippen LogP contribution in [0.4, 0.5) is 0 Å². The lowest BCUT2D eigenvalue weighted by molar-refractivity contribution is 0.675. The Labute approximate surface area is 143 Å². The van der Waals surface area contributed by atoms with Gasteiger partial charge >= 0.3 is 0 Å². The van der Waals surface area contributed by atoms with E-state index in [9.17, 15) is 0 Å². The molecule has 0 aliphatic carbocycles. The van der Waals surface area contributed by atoms with E-state index in [1.165, 1.54) is 0 Å². The summed E-state index contributed by atoms with van der Waals surface area (Å²) in [6.07, 6.45) is 7.38. The predicted molar refractivity (Wildman–Crippen MR) is 94.6 cm³/mol. The van der Waals surface area contributed by atoms with Gasteiger partial charge in [-0.25, -0.2) is 4.98 Å². The van der Waals surface area contributed by atoms with Crippen molar-refractivity contribution in [2.45, 2.75) is 13.5 Å². The third-order valence-electron chi connectivity index (χ3n) is 3.63. The lowest BCUT2D eigenvalue weighted by Gasteiger charge is -2.00. The summed E-state index contributed by atoms with van der Waals surface area (Å²) in [4.78, 5) is 14.3. The Kier molecular flexibility index (Phi) is 3.88. The summed E-state index contributed by atoms with van der Waals surface area (Å²) < 4.78 is 1.90. The molecule has 0 radical (unpaired) electrons. The summed E-state index contributed by atoms with van der Waals surface area (Å²) in [5.41, 5.74) is 3.95. The van der Waals surface area contributed by atoms with E-state index in [0.29, 0.717) is 6.54 Å². The van der Waals surface area contributed by atoms with Gasteiger partial charge in [-0.05, 0) is 37.3 Å². The molecule has 0 unspecified atom stereocenters. The number of thiazole rings is 1. The maximum atomic E-state index is 4.68. The van der Waals surface area contributed by atoms with Crippen molar-refractivity contribution in [2.75, 3.05) is 0 Å². The van der Waals surface area contributed by atoms with E-state index in [0.717, 1.165) is 32.5 Å². The van der Waals surface area contributed by atoms with Gasteiger partial charge in [0.25, 0.3) is 0 Å². The number of nitrogens with zero attached hydrogens (tertiary/aromatic N) is 5. The molecule has 0 aliphatic rings. The Morgan fingerprint density at radius 3 is 2.83 bits per heavy atom. The maximum Gasteiger partial charge on any atom is 0.125 e. The van der Waals surface area contributed by atoms with Gasteiger partial charge in [-0.2, -0.15) is 5.10 Å². The third-order valence-corrected chi connectivity index (χ3v) is 4.86. The second kappa shape index (κ2) is 6.33. The lowest BCUT2D eigenvalue weighted by atomic mass is 10.3. The molecule has 4 aromatic rings. The maximum absolute atomic E-state index is 4.68. The van der Waals surface area contributed by atoms with Crippen LogP contribution in [-0.2, 0) is 6.54 Å². The van der Waals surface area contributed by atoms with E-state index in [4.69, 9.17) is 0 Å². The second-order valence-corrected chi connectivity index (χ2v) is 6.39. The SMILES string of the molecule is Cc1nc(-c2cccnc2)sc1-c1ccn(Cc2ccccn2)n1. The minimum atomic E-state index is 0.661. The van der Waals surface area contributed by atoms with Crippen LogP contribution >= 0.6 is 11.3 Å². The molecule has 0 aromatic carbocycles. The molecule has 0 bridgehead atoms. The summed E-state index contributed by atoms with van der Waals surface area (Å²) in [5.74, 6) is 0. The largest absolute Gasteiger partial charge is 0.266 e. The van der Waals surface area contributed by atoms with Gasteiger partial charge in [0.15, 0.2) is 0 Å². The quantitative estimate of drug-likeness (QED) is 0.570. The smallest absolute Gasteiger partial charge is 0.125 e. The Morgan fingerprint density at radius 1 is 1.08 bits per heavy atom. The fourth-order valence-corrected chi connectivity index (χ4v) is 3.50. The third kappa shape index (κ3) is 2.96. The van der Waals surface area contributed by atoms with E-state index < -0.39 is 0 Å². The van der Waals surface area contributed by atoms with E-state index in [1.54, 1.807) is 23.7 Å². The van der Waals surface area contributed by atoms with Gasteiger partial charge in [-0.15, -0.1) is 11.3 Å². The molecule has 0 atom stereocenters. The Morgan fingerprint density at radius 2 is 2.04 bits per heavy atom. The van der Waals surface area contributed by atoms with Crippen LogP contribution in [-0.4, -0.2) is 24.7 Å². The van der Waals surface area contributed by atoms with Crippen LogP contribution in [0.5, 0.6) is 0 Å². The Hall–Kier alpha value is -2.86. The van der Waals surface area contributed by atoms with Gasteiger partial charge in [-0.3, -0.25) is 14.6 Å². The zero-order valence-corrected chi connectivity index (χ0v) is 13.9. The van der Waals surface area contributed by atoms with Gasteiger partial charge in [0.05, 0.1) is 22.8 Å². The molecule has 4 heterocycles. The molecule has 0 N–H and O–H groups in total. The molecule has 0 saturated carbocycles. The Bertz CT molecular complexity index is 944. The van der Waals surface area contributed by atoms with Crippen molar-refractivity contribution < 1.29 is 0 Å². The molecule has 0 spiro atoms. The highest BCUT2D eigenvalue weighted by molar-refractivity contribution is 7.18. The number of hydrogen-bond acceptors (Lipinski definition) is 5. The van der Waals surface area contributed by atoms with Crippen LogP contribution in [0.2, 0.25) is 0 Å². The summed E-state index contributed by atoms with van der Waals surface area (Å²) in [6.45, 7) is 2.68. The second-order valence-electron chi connectivity index (χ2n) is 5.39. The zero-order valence-electron chi connectivity index (χ0n) is 13.1. The molecule has 118 valence electrons. The molecule has 6 heteroatoms. The van der Waals surface area contributed by atoms with Gasteiger partial charge < -0.3 is 0 Å². The number of rotatable bonds is 4. The first-order chi connectivity index (χ1) is 11.8. The van der Waals surface area contributed by atoms with E-state index in [-0.39, 0.29) is 0 Å². The predicted octanol–water partition coefficient (Wildman–Crippen LogP) is 3.82. The Balaban J connectivity index is 1.62. The van der Waals surface area contributed by atoms with E-state index in [2.05, 4.69) is 20.1 Å². The van der Waals surface area contributed by atoms with Crippen molar-refractivity contribution in [2.24, 2.45) is 0 Å². The summed E-state index contributed by atoms with van der Waals surface area (Å²) in [7, 11) is 0. The summed E-state index contributed by atoms with van der Waals surface area (Å²) in [5, 5.41) is 5.64. The molecular formula is C18H15N5S. The van der Waals surface area contributed by atoms with Crippen LogP contribution in [0.15, 0.2) is 61.2 Å². The van der Waals surface area contributed by atoms with Crippen molar-refractivity contribution in [1.82, 2.24) is 24.7 Å². The molecule has 24 heavy (non-hydrogen) atoms. The monoisotopic (exact) mass is 333 g/mol. The lowest BCUT2D eigenvalue weighted by Crippen LogP contribution is -2.01. The summed E-state index contributed by atoms with van der Waals surface area (Å²) >= 11 is 1.64. The van der Waals surface area contributed by atoms with Crippen molar-refractivity contribution in [1.29, 1.82) is 0 Å². The molecule has 0 fully saturated rings. The number of hydrogen-bond donors (Lipinski definition) is 0. The van der Waals surface area contributed by atoms with Crippen LogP contribution in [0.3, 0.4) is 0 Å². The topological polar surface area (TPSA) is 56.5 Å². The van der Waals surface area contributed by atoms with Gasteiger partial charge in [0, 0.05) is 30.4 Å². The first-order valence-corrected chi connectivity index (χ1v) is 8.43. The van der Waals surface area contributed by atoms with Crippen LogP contribution in [0.25, 0.3) is 21.1 Å². The number of aryl methyl sites for hydroxylation is 1. The molecule has 0 amide bonds. The van der Waals surface area contributed by atoms with Crippen LogP contribution in [0.1, 0.15) is 11.4 Å². The number of pyridine rings is 2. The van der Waals surface area contributed by atoms with Gasteiger partial charge in [-0.1, -0.05) is 6.07 Å². The average Bonchev–Trinajstić information content (AvgIpc) is 3.23. The molecular weight excluding hydrogens is 318 g/mol. The molecule has 4 aromatic heterocycles. The van der Waals surface area contributed by atoms with Gasteiger partial charge in [0.2, 0.25) is 0 Å². The van der Waals surface area contributed by atoms with E-state index in [1.807, 2.05) is 60.4 Å². The van der Waals surface area contributed by atoms with Crippen molar-refractivity contribution in [3.05, 3.63) is 72.6 Å². The molecule has 5 nitrogen and oxygen atoms in total. The fourth-order valence-electron chi connectivity index (χ4n) is 2.48. The standard InChI is InChI=1S/C18H15N5S/c1-13-17(24-18(21-13)14-5-4-8-19-11-14)16-7-10-23(22-16)12-15-6-2-3-9-20-15/h2-11H,12H2,1H3. The highest BCUT2D eigenvalue weighted by atomic mass is 32.1. The van der Waals surface area contributed by atoms with Crippen molar-refractivity contribution in [3.8, 4) is 21.1 Å². The minimum absolute atomic E-state index is 0.661. The van der Waals surface area contributed by atoms with Crippen molar-refractivity contribution >= 4 is 11.3 Å². The molecule has 0 saturated heterocycles. The first kappa shape index (κ1) is 14.7. The van der Waals surface area contributed by atoms with Gasteiger partial charge in [0.1, 0.15) is 10.7 Å². The molecule has 4 rings (SSSR count). The van der Waals surface area contributed by atoms with E-state index >= 15 is 0 Å². The van der Waals surface area contributed by atoms with Crippen molar-refractivity contribution in [3.63, 3.8) is 0 Å². The fraction of sp³-hybridized carbons (Fsp3) is 0.111.